The standard InChI is InChI=1S/C37H46N12O9/c1-21(2)48-49-29-14-9-23(18-42-29)35(56)41-15-4-3-8-27(33(38)54)46-31(51)20-58-26-12-10-24(11-13-26)44-36(57)28(17-32(52)53)47-30(50)19-43-34(55)22-6-5-7-25(16-22)45-37(39)40/h5-7,9-14,16,18,27-28H,3-4,8,15,17,19-20H2,1-2H3,(H2,38,54)(H,41,56)(H,42,49)(H,43,55)(H,44,57)(H,46,51)(H,47,50)(H,52,53)(H4,39,40,45)/t27?,28-/m0/s1. The number of rotatable bonds is 22. The minimum absolute atomic E-state index is 0.150. The number of carbonyl (C=O) groups excluding carboxylic acids is 6. The lowest BCUT2D eigenvalue weighted by molar-refractivity contribution is -0.139. The summed E-state index contributed by atoms with van der Waals surface area (Å²) in [6, 6.07) is 12.4. The normalized spacial score (nSPS) is 11.3. The maximum Gasteiger partial charge on any atom is 0.305 e. The van der Waals surface area contributed by atoms with Crippen molar-refractivity contribution in [3.63, 3.8) is 0 Å². The van der Waals surface area contributed by atoms with Gasteiger partial charge in [-0.25, -0.2) is 4.98 Å². The van der Waals surface area contributed by atoms with E-state index in [-0.39, 0.29) is 35.3 Å². The Kier molecular flexibility index (Phi) is 17.6. The van der Waals surface area contributed by atoms with Gasteiger partial charge in [0.25, 0.3) is 17.7 Å². The molecule has 0 bridgehead atoms. The van der Waals surface area contributed by atoms with Crippen LogP contribution in [0.2, 0.25) is 0 Å². The van der Waals surface area contributed by atoms with Gasteiger partial charge in [0.1, 0.15) is 23.7 Å². The molecule has 308 valence electrons. The second-order valence-electron chi connectivity index (χ2n) is 12.7. The van der Waals surface area contributed by atoms with E-state index >= 15 is 0 Å². The molecular formula is C37H46N12O9. The Morgan fingerprint density at radius 3 is 2.17 bits per heavy atom. The number of carboxylic acid groups (broad SMARTS) is 1. The largest absolute Gasteiger partial charge is 0.484 e. The van der Waals surface area contributed by atoms with Crippen molar-refractivity contribution in [2.24, 2.45) is 16.6 Å². The van der Waals surface area contributed by atoms with Crippen LogP contribution in [0.25, 0.3) is 0 Å². The molecule has 0 aliphatic heterocycles. The maximum atomic E-state index is 12.9. The number of aliphatic carboxylic acids is 1. The Balaban J connectivity index is 1.40. The summed E-state index contributed by atoms with van der Waals surface area (Å²) in [5, 5.41) is 35.6. The van der Waals surface area contributed by atoms with Crippen molar-refractivity contribution in [1.29, 1.82) is 5.41 Å². The zero-order chi connectivity index (χ0) is 42.6. The highest BCUT2D eigenvalue weighted by atomic mass is 16.5. The van der Waals surface area contributed by atoms with Crippen LogP contribution in [0.3, 0.4) is 0 Å². The van der Waals surface area contributed by atoms with Crippen molar-refractivity contribution >= 4 is 70.3 Å². The molecule has 2 atom stereocenters. The highest BCUT2D eigenvalue weighted by Crippen LogP contribution is 2.16. The quantitative estimate of drug-likeness (QED) is 0.0285. The van der Waals surface area contributed by atoms with Gasteiger partial charge in [0, 0.05) is 35.4 Å². The van der Waals surface area contributed by atoms with Gasteiger partial charge in [0.2, 0.25) is 17.7 Å². The van der Waals surface area contributed by atoms with Crippen molar-refractivity contribution in [2.75, 3.05) is 35.8 Å². The zero-order valence-corrected chi connectivity index (χ0v) is 31.7. The molecule has 58 heavy (non-hydrogen) atoms. The van der Waals surface area contributed by atoms with Gasteiger partial charge in [0.05, 0.1) is 18.5 Å². The van der Waals surface area contributed by atoms with E-state index in [1.54, 1.807) is 18.2 Å². The number of hydrogen-bond donors (Lipinski definition) is 11. The molecule has 3 rings (SSSR count). The molecule has 0 fully saturated rings. The van der Waals surface area contributed by atoms with Gasteiger partial charge < -0.3 is 53.2 Å². The zero-order valence-electron chi connectivity index (χ0n) is 31.7. The third-order valence-corrected chi connectivity index (χ3v) is 7.64. The first-order valence-corrected chi connectivity index (χ1v) is 17.7. The first-order chi connectivity index (χ1) is 27.6. The van der Waals surface area contributed by atoms with Crippen molar-refractivity contribution < 1.29 is 43.4 Å². The lowest BCUT2D eigenvalue weighted by atomic mass is 10.1. The Bertz CT molecular complexity index is 1990. The van der Waals surface area contributed by atoms with E-state index < -0.39 is 67.2 Å². The monoisotopic (exact) mass is 802 g/mol. The van der Waals surface area contributed by atoms with Crippen molar-refractivity contribution in [3.05, 3.63) is 78.0 Å². The molecule has 0 spiro atoms. The predicted molar refractivity (Wildman–Crippen MR) is 213 cm³/mol. The molecule has 0 aliphatic rings. The van der Waals surface area contributed by atoms with E-state index in [0.717, 1.165) is 5.71 Å². The van der Waals surface area contributed by atoms with Gasteiger partial charge in [0.15, 0.2) is 12.6 Å². The first kappa shape index (κ1) is 44.8. The van der Waals surface area contributed by atoms with E-state index in [2.05, 4.69) is 47.4 Å². The summed E-state index contributed by atoms with van der Waals surface area (Å²) in [5.41, 5.74) is 15.5. The molecule has 1 unspecified atom stereocenters. The number of carboxylic acids is 1. The SMILES string of the molecule is CC(C)=NNc1ccc(C(=O)NCCCCC(NC(=O)COc2ccc(NC(=O)[C@H](CC(=O)O)NC(=O)CNC(=O)c3cccc(NC(=N)N)c3)cc2)C(N)=O)cn1. The van der Waals surface area contributed by atoms with E-state index in [1.165, 1.54) is 48.7 Å². The van der Waals surface area contributed by atoms with Crippen molar-refractivity contribution in [1.82, 2.24) is 26.3 Å². The van der Waals surface area contributed by atoms with Crippen molar-refractivity contribution in [3.8, 4) is 5.75 Å². The summed E-state index contributed by atoms with van der Waals surface area (Å²) in [6.07, 6.45) is 1.84. The molecule has 3 aromatic rings. The van der Waals surface area contributed by atoms with Crippen LogP contribution in [-0.2, 0) is 24.0 Å². The number of pyridine rings is 1. The summed E-state index contributed by atoms with van der Waals surface area (Å²) in [7, 11) is 0. The number of amides is 6. The molecule has 21 nitrogen and oxygen atoms in total. The van der Waals surface area contributed by atoms with E-state index in [4.69, 9.17) is 21.6 Å². The molecule has 0 radical (unpaired) electrons. The smallest absolute Gasteiger partial charge is 0.305 e. The maximum absolute atomic E-state index is 12.9. The Labute approximate surface area is 332 Å². The van der Waals surface area contributed by atoms with Crippen LogP contribution < -0.4 is 53.5 Å². The number of hydrazone groups is 1. The third-order valence-electron chi connectivity index (χ3n) is 7.64. The number of aromatic nitrogens is 1. The summed E-state index contributed by atoms with van der Waals surface area (Å²) in [4.78, 5) is 90.5. The lowest BCUT2D eigenvalue weighted by Crippen LogP contribution is -2.48. The van der Waals surface area contributed by atoms with Crippen LogP contribution in [0.15, 0.2) is 72.0 Å². The average molecular weight is 803 g/mol. The number of anilines is 3. The molecular weight excluding hydrogens is 756 g/mol. The number of benzene rings is 2. The van der Waals surface area contributed by atoms with Gasteiger partial charge in [-0.3, -0.25) is 44.4 Å². The van der Waals surface area contributed by atoms with E-state index in [0.29, 0.717) is 36.5 Å². The molecule has 1 heterocycles. The number of carbonyl (C=O) groups is 7. The number of unbranched alkanes of at least 4 members (excludes halogenated alkanes) is 1. The Hall–Kier alpha value is -7.58. The van der Waals surface area contributed by atoms with Crippen LogP contribution in [0.1, 0.15) is 60.2 Å². The fraction of sp³-hybridized carbons (Fsp3) is 0.297. The molecule has 1 aromatic heterocycles. The molecule has 0 aliphatic carbocycles. The molecule has 0 saturated carbocycles. The van der Waals surface area contributed by atoms with Crippen LogP contribution >= 0.6 is 0 Å². The summed E-state index contributed by atoms with van der Waals surface area (Å²) in [6.45, 7) is 2.92. The highest BCUT2D eigenvalue weighted by Gasteiger charge is 2.24. The average Bonchev–Trinajstić information content (AvgIpc) is 3.17. The molecule has 0 saturated heterocycles. The number of hydrogen-bond acceptors (Lipinski definition) is 12. The predicted octanol–water partition coefficient (Wildman–Crippen LogP) is 0.472. The van der Waals surface area contributed by atoms with Gasteiger partial charge in [-0.15, -0.1) is 0 Å². The number of nitrogens with two attached hydrogens (primary N) is 2. The van der Waals surface area contributed by atoms with Gasteiger partial charge in [-0.1, -0.05) is 6.07 Å². The minimum atomic E-state index is -1.50. The topological polar surface area (TPSA) is 334 Å². The second-order valence-corrected chi connectivity index (χ2v) is 12.7. The minimum Gasteiger partial charge on any atom is -0.484 e. The fourth-order valence-electron chi connectivity index (χ4n) is 4.86. The third kappa shape index (κ3) is 16.4. The van der Waals surface area contributed by atoms with Crippen LogP contribution in [0.5, 0.6) is 5.75 Å². The number of guanidine groups is 1. The number of primary amides is 1. The highest BCUT2D eigenvalue weighted by molar-refractivity contribution is 6.01. The Morgan fingerprint density at radius 1 is 0.828 bits per heavy atom. The summed E-state index contributed by atoms with van der Waals surface area (Å²) >= 11 is 0. The molecule has 6 amide bonds. The van der Waals surface area contributed by atoms with Gasteiger partial charge >= 0.3 is 5.97 Å². The second kappa shape index (κ2) is 22.7. The molecule has 2 aromatic carbocycles. The summed E-state index contributed by atoms with van der Waals surface area (Å²) < 4.78 is 5.48. The number of nitrogens with zero attached hydrogens (tertiary/aromatic N) is 2. The van der Waals surface area contributed by atoms with E-state index in [1.807, 2.05) is 13.8 Å². The summed E-state index contributed by atoms with van der Waals surface area (Å²) in [5.74, 6) is -5.02. The fourth-order valence-corrected chi connectivity index (χ4v) is 4.86. The number of ether oxygens (including phenoxy) is 1. The van der Waals surface area contributed by atoms with Crippen LogP contribution in [0, 0.1) is 5.41 Å². The van der Waals surface area contributed by atoms with E-state index in [9.17, 15) is 38.7 Å². The van der Waals surface area contributed by atoms with Gasteiger partial charge in [-0.05, 0) is 87.7 Å². The molecule has 21 heteroatoms. The van der Waals surface area contributed by atoms with Gasteiger partial charge in [-0.2, -0.15) is 5.10 Å². The molecule has 13 N–H and O–H groups in total. The van der Waals surface area contributed by atoms with Crippen molar-refractivity contribution in [2.45, 2.75) is 51.6 Å². The Morgan fingerprint density at radius 2 is 1.53 bits per heavy atom. The lowest BCUT2D eigenvalue weighted by Gasteiger charge is -2.17. The van der Waals surface area contributed by atoms with Crippen LogP contribution in [-0.4, -0.2) is 95.0 Å². The number of nitrogens with one attached hydrogen (secondary N) is 8. The van der Waals surface area contributed by atoms with Crippen LogP contribution in [0.4, 0.5) is 17.2 Å². The first-order valence-electron chi connectivity index (χ1n) is 17.7.